The van der Waals surface area contributed by atoms with Gasteiger partial charge in [0.05, 0.1) is 25.3 Å². The van der Waals surface area contributed by atoms with E-state index in [0.717, 1.165) is 17.7 Å². The highest BCUT2D eigenvalue weighted by atomic mass is 32.1. The van der Waals surface area contributed by atoms with E-state index in [9.17, 15) is 9.90 Å². The lowest BCUT2D eigenvalue weighted by Gasteiger charge is -2.12. The molecule has 106 valence electrons. The van der Waals surface area contributed by atoms with Crippen molar-refractivity contribution >= 4 is 17.3 Å². The van der Waals surface area contributed by atoms with Crippen LogP contribution < -0.4 is 10.0 Å². The lowest BCUT2D eigenvalue weighted by atomic mass is 10.1. The van der Waals surface area contributed by atoms with Gasteiger partial charge in [-0.1, -0.05) is 24.3 Å². The zero-order valence-electron chi connectivity index (χ0n) is 11.1. The molecule has 0 aliphatic carbocycles. The Morgan fingerprint density at radius 1 is 1.40 bits per heavy atom. The highest BCUT2D eigenvalue weighted by Crippen LogP contribution is 2.23. The van der Waals surface area contributed by atoms with Gasteiger partial charge < -0.3 is 19.9 Å². The Balaban J connectivity index is 2.09. The maximum atomic E-state index is 10.7. The quantitative estimate of drug-likeness (QED) is 0.729. The molecule has 1 aromatic carbocycles. The molecular formula is C14H16N2O3S. The van der Waals surface area contributed by atoms with Crippen LogP contribution in [0.5, 0.6) is 0 Å². The fourth-order valence-electron chi connectivity index (χ4n) is 1.89. The zero-order chi connectivity index (χ0) is 14.5. The third-order valence-corrected chi connectivity index (χ3v) is 3.85. The van der Waals surface area contributed by atoms with Gasteiger partial charge in [-0.3, -0.25) is 0 Å². The number of carbonyl (C=O) groups excluding carboxylic acids is 1. The van der Waals surface area contributed by atoms with Gasteiger partial charge >= 0.3 is 0 Å². The number of nitrogens with one attached hydrogen (secondary N) is 1. The second-order valence-corrected chi connectivity index (χ2v) is 5.49. The fraction of sp³-hybridized carbons (Fsp3) is 0.286. The Labute approximate surface area is 121 Å². The number of nitrogens with zero attached hydrogens (tertiary/aromatic N) is 1. The first-order valence-corrected chi connectivity index (χ1v) is 7.16. The lowest BCUT2D eigenvalue weighted by Crippen LogP contribution is -3.08. The Hall–Kier alpha value is -1.76. The van der Waals surface area contributed by atoms with E-state index in [1.807, 2.05) is 31.3 Å². The van der Waals surface area contributed by atoms with Crippen LogP contribution in [0.4, 0.5) is 0 Å². The van der Waals surface area contributed by atoms with Gasteiger partial charge in [0.25, 0.3) is 0 Å². The molecule has 1 atom stereocenters. The Bertz CT molecular complexity index is 580. The fourth-order valence-corrected chi connectivity index (χ4v) is 2.69. The molecule has 0 radical (unpaired) electrons. The van der Waals surface area contributed by atoms with Crippen LogP contribution in [0.15, 0.2) is 29.6 Å². The maximum Gasteiger partial charge on any atom is 0.124 e. The summed E-state index contributed by atoms with van der Waals surface area (Å²) in [5, 5.41) is 21.7. The van der Waals surface area contributed by atoms with Crippen molar-refractivity contribution in [1.82, 2.24) is 4.98 Å². The number of hydrogen-bond donors (Lipinski definition) is 2. The number of aromatic nitrogens is 1. The lowest BCUT2D eigenvalue weighted by molar-refractivity contribution is -0.894. The molecule has 2 N–H and O–H groups in total. The highest BCUT2D eigenvalue weighted by molar-refractivity contribution is 7.13. The molecule has 0 aliphatic heterocycles. The number of carbonyl (C=O) groups is 1. The van der Waals surface area contributed by atoms with Gasteiger partial charge in [-0.15, -0.1) is 11.3 Å². The van der Waals surface area contributed by atoms with Crippen molar-refractivity contribution in [3.63, 3.8) is 0 Å². The highest BCUT2D eigenvalue weighted by Gasteiger charge is 2.07. The number of aliphatic hydroxyl groups excluding tert-OH is 1. The van der Waals surface area contributed by atoms with E-state index in [1.165, 1.54) is 21.6 Å². The Kier molecular flexibility index (Phi) is 4.84. The van der Waals surface area contributed by atoms with Crippen LogP contribution in [-0.2, 0) is 6.54 Å². The second-order valence-electron chi connectivity index (χ2n) is 4.63. The Morgan fingerprint density at radius 2 is 2.10 bits per heavy atom. The van der Waals surface area contributed by atoms with Crippen LogP contribution >= 0.6 is 11.3 Å². The van der Waals surface area contributed by atoms with E-state index in [-0.39, 0.29) is 12.3 Å². The van der Waals surface area contributed by atoms with E-state index in [4.69, 9.17) is 5.11 Å². The van der Waals surface area contributed by atoms with E-state index in [1.54, 1.807) is 0 Å². The molecule has 1 unspecified atom stereocenters. The summed E-state index contributed by atoms with van der Waals surface area (Å²) < 4.78 is 0. The van der Waals surface area contributed by atoms with Crippen molar-refractivity contribution in [2.24, 2.45) is 0 Å². The number of aromatic carboxylic acids is 1. The molecule has 0 amide bonds. The second kappa shape index (κ2) is 6.60. The van der Waals surface area contributed by atoms with Crippen molar-refractivity contribution in [3.8, 4) is 10.6 Å². The van der Waals surface area contributed by atoms with Gasteiger partial charge in [-0.05, 0) is 0 Å². The third kappa shape index (κ3) is 3.63. The number of quaternary nitrogens is 1. The molecule has 1 aromatic heterocycles. The molecule has 6 heteroatoms. The topological polar surface area (TPSA) is 77.7 Å². The SMILES string of the molecule is C[NH+](CCO)Cc1ccc(-c2nc(C(=O)[O-])cs2)cc1. The molecule has 5 nitrogen and oxygen atoms in total. The molecule has 2 aromatic rings. The van der Waals surface area contributed by atoms with Crippen molar-refractivity contribution in [2.75, 3.05) is 20.2 Å². The van der Waals surface area contributed by atoms with Gasteiger partial charge in [0, 0.05) is 16.5 Å². The van der Waals surface area contributed by atoms with Gasteiger partial charge in [-0.25, -0.2) is 4.98 Å². The summed E-state index contributed by atoms with van der Waals surface area (Å²) >= 11 is 1.29. The minimum Gasteiger partial charge on any atom is -0.543 e. The zero-order valence-corrected chi connectivity index (χ0v) is 11.9. The average molecular weight is 292 g/mol. The van der Waals surface area contributed by atoms with Gasteiger partial charge in [0.15, 0.2) is 0 Å². The summed E-state index contributed by atoms with van der Waals surface area (Å²) in [6.45, 7) is 1.72. The molecule has 20 heavy (non-hydrogen) atoms. The van der Waals surface area contributed by atoms with E-state index in [2.05, 4.69) is 4.98 Å². The summed E-state index contributed by atoms with van der Waals surface area (Å²) in [4.78, 5) is 15.9. The number of aliphatic hydroxyl groups is 1. The normalized spacial score (nSPS) is 12.3. The average Bonchev–Trinajstić information content (AvgIpc) is 2.89. The Morgan fingerprint density at radius 3 is 2.65 bits per heavy atom. The third-order valence-electron chi connectivity index (χ3n) is 2.96. The van der Waals surface area contributed by atoms with Crippen molar-refractivity contribution < 1.29 is 19.9 Å². The molecule has 0 bridgehead atoms. The monoisotopic (exact) mass is 292 g/mol. The first-order chi connectivity index (χ1) is 9.60. The number of thiazole rings is 1. The predicted octanol–water partition coefficient (Wildman–Crippen LogP) is -0.819. The van der Waals surface area contributed by atoms with Crippen LogP contribution in [0.2, 0.25) is 0 Å². The first-order valence-electron chi connectivity index (χ1n) is 6.28. The molecule has 0 fully saturated rings. The number of likely N-dealkylation sites (N-methyl/N-ethyl adjacent to an activating group) is 1. The molecular weight excluding hydrogens is 276 g/mol. The number of rotatable bonds is 6. The first kappa shape index (κ1) is 14.6. The number of benzene rings is 1. The van der Waals surface area contributed by atoms with Gasteiger partial charge in [-0.2, -0.15) is 0 Å². The van der Waals surface area contributed by atoms with Crippen molar-refractivity contribution in [3.05, 3.63) is 40.9 Å². The number of carboxylic acids is 1. The minimum absolute atomic E-state index is 0.0267. The summed E-state index contributed by atoms with van der Waals surface area (Å²) in [6.07, 6.45) is 0. The summed E-state index contributed by atoms with van der Waals surface area (Å²) in [5.41, 5.74) is 2.03. The standard InChI is InChI=1S/C14H16N2O3S/c1-16(6-7-17)8-10-2-4-11(5-3-10)13-15-12(9-20-13)14(18)19/h2-5,9,17H,6-8H2,1H3,(H,18,19). The van der Waals surface area contributed by atoms with Crippen LogP contribution in [0.1, 0.15) is 16.1 Å². The summed E-state index contributed by atoms with van der Waals surface area (Å²) in [6, 6.07) is 7.85. The van der Waals surface area contributed by atoms with E-state index < -0.39 is 5.97 Å². The van der Waals surface area contributed by atoms with E-state index in [0.29, 0.717) is 11.6 Å². The van der Waals surface area contributed by atoms with E-state index >= 15 is 0 Å². The van der Waals surface area contributed by atoms with Crippen LogP contribution in [0, 0.1) is 0 Å². The predicted molar refractivity (Wildman–Crippen MR) is 74.4 cm³/mol. The molecule has 1 heterocycles. The number of carboxylic acid groups (broad SMARTS) is 1. The molecule has 0 saturated heterocycles. The smallest absolute Gasteiger partial charge is 0.124 e. The van der Waals surface area contributed by atoms with Crippen LogP contribution in [0.3, 0.4) is 0 Å². The van der Waals surface area contributed by atoms with Crippen molar-refractivity contribution in [2.45, 2.75) is 6.54 Å². The molecule has 0 saturated carbocycles. The van der Waals surface area contributed by atoms with Gasteiger partial charge in [0.2, 0.25) is 0 Å². The van der Waals surface area contributed by atoms with Gasteiger partial charge in [0.1, 0.15) is 18.1 Å². The number of hydrogen-bond acceptors (Lipinski definition) is 5. The molecule has 2 rings (SSSR count). The molecule has 0 spiro atoms. The minimum atomic E-state index is -1.25. The summed E-state index contributed by atoms with van der Waals surface area (Å²) in [5.74, 6) is -1.25. The largest absolute Gasteiger partial charge is 0.543 e. The van der Waals surface area contributed by atoms with Crippen LogP contribution in [0.25, 0.3) is 10.6 Å². The molecule has 0 aliphatic rings. The van der Waals surface area contributed by atoms with Crippen LogP contribution in [-0.4, -0.2) is 36.3 Å². The van der Waals surface area contributed by atoms with Crippen molar-refractivity contribution in [1.29, 1.82) is 0 Å². The summed E-state index contributed by atoms with van der Waals surface area (Å²) in [7, 11) is 2.02. The maximum absolute atomic E-state index is 10.7.